The van der Waals surface area contributed by atoms with Gasteiger partial charge in [-0.25, -0.2) is 0 Å². The average Bonchev–Trinajstić information content (AvgIpc) is 2.92. The van der Waals surface area contributed by atoms with Crippen LogP contribution in [0.4, 0.5) is 0 Å². The summed E-state index contributed by atoms with van der Waals surface area (Å²) in [6, 6.07) is 0.305. The van der Waals surface area contributed by atoms with Crippen molar-refractivity contribution in [2.75, 3.05) is 0 Å². The first-order chi connectivity index (χ1) is 8.47. The number of hydrogen-bond donors (Lipinski definition) is 2. The summed E-state index contributed by atoms with van der Waals surface area (Å²) >= 11 is 5.15. The molecule has 0 radical (unpaired) electrons. The lowest BCUT2D eigenvalue weighted by molar-refractivity contribution is -0.128. The van der Waals surface area contributed by atoms with Crippen LogP contribution in [0.1, 0.15) is 52.4 Å². The Balaban J connectivity index is 2.05. The van der Waals surface area contributed by atoms with E-state index < -0.39 is 5.41 Å². The molecule has 4 heteroatoms. The van der Waals surface area contributed by atoms with Gasteiger partial charge >= 0.3 is 0 Å². The molecule has 0 aromatic rings. The van der Waals surface area contributed by atoms with Crippen molar-refractivity contribution in [2.24, 2.45) is 23.0 Å². The van der Waals surface area contributed by atoms with Crippen LogP contribution in [0.25, 0.3) is 0 Å². The van der Waals surface area contributed by atoms with Crippen LogP contribution >= 0.6 is 12.2 Å². The molecule has 2 saturated carbocycles. The van der Waals surface area contributed by atoms with Crippen LogP contribution in [-0.2, 0) is 4.79 Å². The van der Waals surface area contributed by atoms with Crippen LogP contribution in [0.3, 0.4) is 0 Å². The molecule has 3 atom stereocenters. The van der Waals surface area contributed by atoms with E-state index in [1.165, 1.54) is 6.42 Å². The highest BCUT2D eigenvalue weighted by molar-refractivity contribution is 7.80. The Hall–Kier alpha value is -0.640. The number of nitrogens with one attached hydrogen (secondary N) is 1. The molecule has 2 aliphatic rings. The lowest BCUT2D eigenvalue weighted by atomic mass is 9.84. The van der Waals surface area contributed by atoms with Gasteiger partial charge in [0.2, 0.25) is 5.91 Å². The van der Waals surface area contributed by atoms with Gasteiger partial charge in [-0.05, 0) is 37.5 Å². The predicted octanol–water partition coefficient (Wildman–Crippen LogP) is 2.38. The molecule has 0 saturated heterocycles. The van der Waals surface area contributed by atoms with Crippen LogP contribution in [-0.4, -0.2) is 16.9 Å². The minimum Gasteiger partial charge on any atom is -0.392 e. The topological polar surface area (TPSA) is 55.1 Å². The van der Waals surface area contributed by atoms with E-state index in [9.17, 15) is 4.79 Å². The molecule has 0 aliphatic heterocycles. The minimum atomic E-state index is -0.555. The number of carbonyl (C=O) groups excluding carboxylic acids is 1. The first-order valence-corrected chi connectivity index (χ1v) is 7.49. The molecule has 1 amide bonds. The van der Waals surface area contributed by atoms with Gasteiger partial charge in [-0.1, -0.05) is 38.9 Å². The van der Waals surface area contributed by atoms with Gasteiger partial charge in [0.05, 0.1) is 10.4 Å². The predicted molar refractivity (Wildman–Crippen MR) is 77.2 cm³/mol. The van der Waals surface area contributed by atoms with Gasteiger partial charge in [-0.2, -0.15) is 0 Å². The SMILES string of the molecule is CC1CCC(NC(=O)C2(C(N)=S)CCCC2)C1C. The lowest BCUT2D eigenvalue weighted by Gasteiger charge is -2.29. The fraction of sp³-hybridized carbons (Fsp3) is 0.857. The Kier molecular flexibility index (Phi) is 3.95. The number of rotatable bonds is 3. The van der Waals surface area contributed by atoms with Gasteiger partial charge in [0.15, 0.2) is 0 Å². The third kappa shape index (κ3) is 2.27. The van der Waals surface area contributed by atoms with E-state index in [1.54, 1.807) is 0 Å². The summed E-state index contributed by atoms with van der Waals surface area (Å²) in [6.45, 7) is 4.49. The van der Waals surface area contributed by atoms with Crippen molar-refractivity contribution >= 4 is 23.1 Å². The second kappa shape index (κ2) is 5.16. The molecule has 18 heavy (non-hydrogen) atoms. The Morgan fingerprint density at radius 1 is 1.28 bits per heavy atom. The summed E-state index contributed by atoms with van der Waals surface area (Å²) in [7, 11) is 0. The highest BCUT2D eigenvalue weighted by Gasteiger charge is 2.45. The standard InChI is InChI=1S/C14H24N2OS/c1-9-5-6-11(10(9)2)16-13(17)14(12(15)18)7-3-4-8-14/h9-11H,3-8H2,1-2H3,(H2,15,18)(H,16,17). The zero-order valence-corrected chi connectivity index (χ0v) is 12.2. The fourth-order valence-corrected chi connectivity index (χ4v) is 3.74. The van der Waals surface area contributed by atoms with Crippen molar-refractivity contribution in [1.82, 2.24) is 5.32 Å². The van der Waals surface area contributed by atoms with Crippen LogP contribution in [0.2, 0.25) is 0 Å². The van der Waals surface area contributed by atoms with Crippen LogP contribution < -0.4 is 11.1 Å². The summed E-state index contributed by atoms with van der Waals surface area (Å²) in [6.07, 6.45) is 6.05. The van der Waals surface area contributed by atoms with Gasteiger partial charge < -0.3 is 11.1 Å². The van der Waals surface area contributed by atoms with Crippen molar-refractivity contribution < 1.29 is 4.79 Å². The normalized spacial score (nSPS) is 34.4. The number of nitrogens with two attached hydrogens (primary N) is 1. The largest absolute Gasteiger partial charge is 0.392 e. The molecule has 0 heterocycles. The highest BCUT2D eigenvalue weighted by atomic mass is 32.1. The van der Waals surface area contributed by atoms with Crippen molar-refractivity contribution in [3.63, 3.8) is 0 Å². The summed E-state index contributed by atoms with van der Waals surface area (Å²) in [5, 5.41) is 3.22. The molecular formula is C14H24N2OS. The van der Waals surface area contributed by atoms with E-state index in [0.717, 1.165) is 32.1 Å². The van der Waals surface area contributed by atoms with Gasteiger partial charge in [0.1, 0.15) is 0 Å². The van der Waals surface area contributed by atoms with Crippen molar-refractivity contribution in [3.05, 3.63) is 0 Å². The Labute approximate surface area is 115 Å². The maximum atomic E-state index is 12.5. The smallest absolute Gasteiger partial charge is 0.233 e. The molecule has 2 aliphatic carbocycles. The van der Waals surface area contributed by atoms with Crippen LogP contribution in [0.15, 0.2) is 0 Å². The molecule has 0 bridgehead atoms. The third-order valence-corrected chi connectivity index (χ3v) is 5.54. The van der Waals surface area contributed by atoms with Crippen LogP contribution in [0, 0.1) is 17.3 Å². The molecule has 0 aromatic carbocycles. The van der Waals surface area contributed by atoms with E-state index in [-0.39, 0.29) is 5.91 Å². The first kappa shape index (κ1) is 13.8. The van der Waals surface area contributed by atoms with Gasteiger partial charge in [0.25, 0.3) is 0 Å². The molecule has 3 nitrogen and oxygen atoms in total. The number of thiocarbonyl (C=S) groups is 1. The third-order valence-electron chi connectivity index (χ3n) is 5.15. The Morgan fingerprint density at radius 3 is 2.33 bits per heavy atom. The van der Waals surface area contributed by atoms with E-state index >= 15 is 0 Å². The molecule has 102 valence electrons. The van der Waals surface area contributed by atoms with E-state index in [4.69, 9.17) is 18.0 Å². The molecule has 0 spiro atoms. The maximum Gasteiger partial charge on any atom is 0.233 e. The summed E-state index contributed by atoms with van der Waals surface area (Å²) in [5.74, 6) is 1.33. The molecule has 3 N–H and O–H groups in total. The quantitative estimate of drug-likeness (QED) is 0.773. The van der Waals surface area contributed by atoms with Gasteiger partial charge in [0, 0.05) is 6.04 Å². The maximum absolute atomic E-state index is 12.5. The zero-order valence-electron chi connectivity index (χ0n) is 11.4. The fourth-order valence-electron chi connectivity index (χ4n) is 3.44. The van der Waals surface area contributed by atoms with Gasteiger partial charge in [-0.3, -0.25) is 4.79 Å². The molecular weight excluding hydrogens is 244 g/mol. The first-order valence-electron chi connectivity index (χ1n) is 7.08. The Bertz CT molecular complexity index is 350. The number of amides is 1. The van der Waals surface area contributed by atoms with Gasteiger partial charge in [-0.15, -0.1) is 0 Å². The van der Waals surface area contributed by atoms with Crippen molar-refractivity contribution in [2.45, 2.75) is 58.4 Å². The number of hydrogen-bond acceptors (Lipinski definition) is 2. The highest BCUT2D eigenvalue weighted by Crippen LogP contribution is 2.40. The summed E-state index contributed by atoms with van der Waals surface area (Å²) in [5.41, 5.74) is 5.29. The van der Waals surface area contributed by atoms with Crippen molar-refractivity contribution in [1.29, 1.82) is 0 Å². The monoisotopic (exact) mass is 268 g/mol. The lowest BCUT2D eigenvalue weighted by Crippen LogP contribution is -2.51. The summed E-state index contributed by atoms with van der Waals surface area (Å²) < 4.78 is 0. The molecule has 2 fully saturated rings. The van der Waals surface area contributed by atoms with Crippen molar-refractivity contribution in [3.8, 4) is 0 Å². The molecule has 2 rings (SSSR count). The molecule has 0 aromatic heterocycles. The van der Waals surface area contributed by atoms with E-state index in [0.29, 0.717) is 22.9 Å². The molecule has 3 unspecified atom stereocenters. The minimum absolute atomic E-state index is 0.0819. The van der Waals surface area contributed by atoms with E-state index in [1.807, 2.05) is 0 Å². The summed E-state index contributed by atoms with van der Waals surface area (Å²) in [4.78, 5) is 12.9. The van der Waals surface area contributed by atoms with Crippen LogP contribution in [0.5, 0.6) is 0 Å². The average molecular weight is 268 g/mol. The van der Waals surface area contributed by atoms with E-state index in [2.05, 4.69) is 19.2 Å². The second-order valence-corrected chi connectivity index (χ2v) is 6.59. The Morgan fingerprint density at radius 2 is 1.89 bits per heavy atom. The zero-order chi connectivity index (χ0) is 13.3. The number of carbonyl (C=O) groups is 1. The second-order valence-electron chi connectivity index (χ2n) is 6.15.